The lowest BCUT2D eigenvalue weighted by molar-refractivity contribution is -0.142. The molecule has 0 radical (unpaired) electrons. The van der Waals surface area contributed by atoms with Crippen molar-refractivity contribution in [2.75, 3.05) is 19.8 Å². The summed E-state index contributed by atoms with van der Waals surface area (Å²) in [6, 6.07) is 0.855. The molecule has 0 spiro atoms. The van der Waals surface area contributed by atoms with Gasteiger partial charge in [0.05, 0.1) is 6.10 Å². The van der Waals surface area contributed by atoms with Crippen LogP contribution in [0.4, 0.5) is 0 Å². The van der Waals surface area contributed by atoms with Gasteiger partial charge in [0.25, 0.3) is 0 Å². The molecule has 0 aliphatic rings. The molecule has 0 heterocycles. The molecule has 0 rings (SSSR count). The molecule has 148 valence electrons. The summed E-state index contributed by atoms with van der Waals surface area (Å²) in [5.74, 6) is -0.354. The second-order valence-corrected chi connectivity index (χ2v) is 9.01. The van der Waals surface area contributed by atoms with Crippen molar-refractivity contribution in [1.82, 2.24) is 0 Å². The lowest BCUT2D eigenvalue weighted by atomic mass is 10.1. The first kappa shape index (κ1) is 24.3. The van der Waals surface area contributed by atoms with Crippen LogP contribution in [-0.2, 0) is 22.8 Å². The van der Waals surface area contributed by atoms with E-state index in [9.17, 15) is 4.79 Å². The maximum absolute atomic E-state index is 11.2. The van der Waals surface area contributed by atoms with Crippen LogP contribution in [0, 0.1) is 0 Å². The highest BCUT2D eigenvalue weighted by Gasteiger charge is 2.40. The van der Waals surface area contributed by atoms with E-state index in [0.29, 0.717) is 19.8 Å². The number of hydrogen-bond donors (Lipinski definition) is 0. The third-order valence-electron chi connectivity index (χ3n) is 3.66. The fourth-order valence-corrected chi connectivity index (χ4v) is 5.28. The number of esters is 1. The number of rotatable bonds is 17. The van der Waals surface area contributed by atoms with E-state index in [0.717, 1.165) is 51.0 Å². The first-order chi connectivity index (χ1) is 12.0. The molecule has 0 aromatic heterocycles. The predicted octanol–water partition coefficient (Wildman–Crippen LogP) is 4.88. The molecule has 0 fully saturated rings. The van der Waals surface area contributed by atoms with Crippen molar-refractivity contribution in [2.24, 2.45) is 0 Å². The molecule has 0 aromatic rings. The van der Waals surface area contributed by atoms with Gasteiger partial charge in [-0.15, -0.1) is 0 Å². The highest BCUT2D eigenvalue weighted by Crippen LogP contribution is 2.22. The Balaban J connectivity index is 4.33. The summed E-state index contributed by atoms with van der Waals surface area (Å²) in [5.41, 5.74) is 0. The molecule has 25 heavy (non-hydrogen) atoms. The average molecular weight is 375 g/mol. The Morgan fingerprint density at radius 3 is 1.92 bits per heavy atom. The molecular weight excluding hydrogens is 336 g/mol. The van der Waals surface area contributed by atoms with E-state index in [4.69, 9.17) is 18.0 Å². The van der Waals surface area contributed by atoms with Crippen LogP contribution in [0.1, 0.15) is 72.6 Å². The van der Waals surface area contributed by atoms with E-state index in [-0.39, 0.29) is 12.1 Å². The Morgan fingerprint density at radius 1 is 0.960 bits per heavy atom. The van der Waals surface area contributed by atoms with Gasteiger partial charge in [-0.25, -0.2) is 4.79 Å². The Labute approximate surface area is 155 Å². The first-order valence-corrected chi connectivity index (χ1v) is 11.7. The van der Waals surface area contributed by atoms with Crippen molar-refractivity contribution in [3.8, 4) is 0 Å². The van der Waals surface area contributed by atoms with Gasteiger partial charge in [0, 0.05) is 31.9 Å². The summed E-state index contributed by atoms with van der Waals surface area (Å²) in [5, 5.41) is 0. The van der Waals surface area contributed by atoms with Crippen LogP contribution in [0.5, 0.6) is 0 Å². The molecular formula is C19H38O5Si. The van der Waals surface area contributed by atoms with Gasteiger partial charge < -0.3 is 18.0 Å². The Hall–Kier alpha value is -0.693. The van der Waals surface area contributed by atoms with Crippen molar-refractivity contribution >= 4 is 14.8 Å². The number of ether oxygens (including phenoxy) is 1. The third kappa shape index (κ3) is 12.3. The van der Waals surface area contributed by atoms with E-state index in [1.807, 2.05) is 6.92 Å². The van der Waals surface area contributed by atoms with Gasteiger partial charge in [0.15, 0.2) is 0 Å². The van der Waals surface area contributed by atoms with Gasteiger partial charge in [-0.1, -0.05) is 33.8 Å². The van der Waals surface area contributed by atoms with Gasteiger partial charge in [0.1, 0.15) is 0 Å². The number of unbranched alkanes of at least 4 members (excludes halogenated alkanes) is 2. The van der Waals surface area contributed by atoms with E-state index in [1.54, 1.807) is 0 Å². The van der Waals surface area contributed by atoms with E-state index in [2.05, 4.69) is 27.4 Å². The highest BCUT2D eigenvalue weighted by molar-refractivity contribution is 6.60. The lowest BCUT2D eigenvalue weighted by Gasteiger charge is -2.29. The van der Waals surface area contributed by atoms with Crippen molar-refractivity contribution < 1.29 is 22.8 Å². The summed E-state index contributed by atoms with van der Waals surface area (Å²) >= 11 is 0. The average Bonchev–Trinajstić information content (AvgIpc) is 2.62. The van der Waals surface area contributed by atoms with Crippen LogP contribution < -0.4 is 0 Å². The highest BCUT2D eigenvalue weighted by atomic mass is 28.4. The van der Waals surface area contributed by atoms with Gasteiger partial charge >= 0.3 is 14.8 Å². The molecule has 1 atom stereocenters. The van der Waals surface area contributed by atoms with Gasteiger partial charge in [0.2, 0.25) is 0 Å². The summed E-state index contributed by atoms with van der Waals surface area (Å²) in [6.07, 6.45) is 7.94. The summed E-state index contributed by atoms with van der Waals surface area (Å²) < 4.78 is 23.5. The molecule has 0 N–H and O–H groups in total. The zero-order chi connectivity index (χ0) is 19.0. The number of carbonyl (C=O) groups is 1. The molecule has 5 nitrogen and oxygen atoms in total. The Morgan fingerprint density at radius 2 is 1.48 bits per heavy atom. The van der Waals surface area contributed by atoms with Crippen LogP contribution in [0.3, 0.4) is 0 Å². The number of hydrogen-bond acceptors (Lipinski definition) is 5. The maximum atomic E-state index is 11.2. The standard InChI is InChI=1S/C19H38O5Si/c1-6-14-21-25(22-15-7-2,23-16-8-3)17-12-10-11-13-18(5)24-19(20)9-4/h9,18H,4,6-8,10-17H2,1-3,5H3. The van der Waals surface area contributed by atoms with E-state index < -0.39 is 8.80 Å². The van der Waals surface area contributed by atoms with Crippen LogP contribution in [0.2, 0.25) is 6.04 Å². The molecule has 1 unspecified atom stereocenters. The molecule has 0 bridgehead atoms. The Kier molecular flexibility index (Phi) is 15.1. The molecule has 0 aromatic carbocycles. The quantitative estimate of drug-likeness (QED) is 0.157. The molecule has 0 aliphatic carbocycles. The molecule has 0 saturated heterocycles. The predicted molar refractivity (Wildman–Crippen MR) is 104 cm³/mol. The van der Waals surface area contributed by atoms with Crippen LogP contribution in [0.25, 0.3) is 0 Å². The minimum absolute atomic E-state index is 0.0727. The summed E-state index contributed by atoms with van der Waals surface area (Å²) in [7, 11) is -2.57. The zero-order valence-corrected chi connectivity index (χ0v) is 17.7. The Bertz CT molecular complexity index is 327. The summed E-state index contributed by atoms with van der Waals surface area (Å²) in [6.45, 7) is 13.7. The molecule has 0 amide bonds. The molecule has 6 heteroatoms. The fourth-order valence-electron chi connectivity index (χ4n) is 2.37. The van der Waals surface area contributed by atoms with E-state index >= 15 is 0 Å². The van der Waals surface area contributed by atoms with Crippen molar-refractivity contribution in [3.63, 3.8) is 0 Å². The first-order valence-electron chi connectivity index (χ1n) is 9.78. The summed E-state index contributed by atoms with van der Waals surface area (Å²) in [4.78, 5) is 11.2. The minimum atomic E-state index is -2.57. The molecule has 0 aliphatic heterocycles. The van der Waals surface area contributed by atoms with Gasteiger partial charge in [-0.05, 0) is 45.4 Å². The van der Waals surface area contributed by atoms with E-state index in [1.165, 1.54) is 6.08 Å². The molecule has 0 saturated carbocycles. The van der Waals surface area contributed by atoms with Crippen LogP contribution in [0.15, 0.2) is 12.7 Å². The second kappa shape index (κ2) is 15.6. The normalized spacial score (nSPS) is 12.8. The van der Waals surface area contributed by atoms with Crippen LogP contribution >= 0.6 is 0 Å². The second-order valence-electron chi connectivity index (χ2n) is 6.28. The topological polar surface area (TPSA) is 54.0 Å². The smallest absolute Gasteiger partial charge is 0.460 e. The third-order valence-corrected chi connectivity index (χ3v) is 6.55. The zero-order valence-electron chi connectivity index (χ0n) is 16.7. The fraction of sp³-hybridized carbons (Fsp3) is 0.842. The van der Waals surface area contributed by atoms with Crippen molar-refractivity contribution in [1.29, 1.82) is 0 Å². The monoisotopic (exact) mass is 374 g/mol. The van der Waals surface area contributed by atoms with Gasteiger partial charge in [-0.3, -0.25) is 0 Å². The van der Waals surface area contributed by atoms with Crippen LogP contribution in [-0.4, -0.2) is 40.7 Å². The van der Waals surface area contributed by atoms with Crippen molar-refractivity contribution in [3.05, 3.63) is 12.7 Å². The minimum Gasteiger partial charge on any atom is -0.460 e. The number of carbonyl (C=O) groups excluding carboxylic acids is 1. The van der Waals surface area contributed by atoms with Gasteiger partial charge in [-0.2, -0.15) is 0 Å². The largest absolute Gasteiger partial charge is 0.500 e. The lowest BCUT2D eigenvalue weighted by Crippen LogP contribution is -2.46. The van der Waals surface area contributed by atoms with Crippen molar-refractivity contribution in [2.45, 2.75) is 84.8 Å². The maximum Gasteiger partial charge on any atom is 0.500 e. The SMILES string of the molecule is C=CC(=O)OC(C)CCCCC[Si](OCCC)(OCCC)OCCC.